The first-order valence-electron chi connectivity index (χ1n) is 6.57. The Morgan fingerprint density at radius 1 is 1.37 bits per heavy atom. The number of hydrogen-bond donors (Lipinski definition) is 2. The van der Waals surface area contributed by atoms with Crippen LogP contribution in [-0.2, 0) is 4.79 Å². The van der Waals surface area contributed by atoms with Crippen molar-refractivity contribution in [1.82, 2.24) is 10.6 Å². The van der Waals surface area contributed by atoms with Crippen LogP contribution in [0.1, 0.15) is 37.8 Å². The fourth-order valence-electron chi connectivity index (χ4n) is 2.39. The van der Waals surface area contributed by atoms with E-state index in [9.17, 15) is 13.6 Å². The van der Waals surface area contributed by atoms with Gasteiger partial charge in [-0.2, -0.15) is 0 Å². The third-order valence-electron chi connectivity index (χ3n) is 3.42. The van der Waals surface area contributed by atoms with Gasteiger partial charge in [0, 0.05) is 5.56 Å². The summed E-state index contributed by atoms with van der Waals surface area (Å²) in [6, 6.07) is 2.76. The molecule has 0 radical (unpaired) electrons. The topological polar surface area (TPSA) is 41.1 Å². The molecule has 1 fully saturated rings. The van der Waals surface area contributed by atoms with Crippen molar-refractivity contribution in [2.75, 3.05) is 6.54 Å². The molecule has 0 spiro atoms. The predicted octanol–water partition coefficient (Wildman–Crippen LogP) is 2.28. The molecule has 0 aromatic heterocycles. The van der Waals surface area contributed by atoms with Crippen molar-refractivity contribution in [3.63, 3.8) is 0 Å². The van der Waals surface area contributed by atoms with E-state index >= 15 is 0 Å². The van der Waals surface area contributed by atoms with Crippen LogP contribution < -0.4 is 10.6 Å². The van der Waals surface area contributed by atoms with E-state index in [4.69, 9.17) is 0 Å². The van der Waals surface area contributed by atoms with E-state index in [1.807, 2.05) is 0 Å². The van der Waals surface area contributed by atoms with Gasteiger partial charge in [-0.3, -0.25) is 4.79 Å². The van der Waals surface area contributed by atoms with E-state index in [2.05, 4.69) is 10.6 Å². The number of halogens is 2. The second-order valence-corrected chi connectivity index (χ2v) is 4.87. The second-order valence-electron chi connectivity index (χ2n) is 4.87. The highest BCUT2D eigenvalue weighted by Crippen LogP contribution is 2.20. The summed E-state index contributed by atoms with van der Waals surface area (Å²) in [6.07, 6.45) is 2.81. The molecule has 1 aliphatic rings. The highest BCUT2D eigenvalue weighted by Gasteiger charge is 2.24. The number of benzene rings is 1. The third kappa shape index (κ3) is 3.29. The summed E-state index contributed by atoms with van der Waals surface area (Å²) in [5.41, 5.74) is -0.0911. The molecule has 1 aliphatic heterocycles. The van der Waals surface area contributed by atoms with Gasteiger partial charge in [-0.15, -0.1) is 0 Å². The Balaban J connectivity index is 2.04. The van der Waals surface area contributed by atoms with Gasteiger partial charge in [0.25, 0.3) is 0 Å². The zero-order valence-electron chi connectivity index (χ0n) is 10.9. The number of rotatable bonds is 3. The lowest BCUT2D eigenvalue weighted by molar-refractivity contribution is -0.124. The maximum atomic E-state index is 13.6. The molecule has 19 heavy (non-hydrogen) atoms. The first kappa shape index (κ1) is 13.9. The number of amides is 1. The van der Waals surface area contributed by atoms with E-state index < -0.39 is 17.7 Å². The zero-order valence-corrected chi connectivity index (χ0v) is 10.9. The summed E-state index contributed by atoms with van der Waals surface area (Å²) in [5, 5.41) is 5.77. The monoisotopic (exact) mass is 268 g/mol. The van der Waals surface area contributed by atoms with Crippen LogP contribution in [0.5, 0.6) is 0 Å². The number of piperidine rings is 1. The molecule has 0 bridgehead atoms. The molecule has 104 valence electrons. The van der Waals surface area contributed by atoms with Crippen molar-refractivity contribution in [2.45, 2.75) is 38.3 Å². The molecular formula is C14H18F2N2O. The van der Waals surface area contributed by atoms with Crippen LogP contribution in [-0.4, -0.2) is 18.5 Å². The molecule has 2 atom stereocenters. The summed E-state index contributed by atoms with van der Waals surface area (Å²) >= 11 is 0. The van der Waals surface area contributed by atoms with Gasteiger partial charge in [0.1, 0.15) is 11.6 Å². The van der Waals surface area contributed by atoms with E-state index in [0.717, 1.165) is 25.8 Å². The molecule has 0 aliphatic carbocycles. The molecule has 5 heteroatoms. The summed E-state index contributed by atoms with van der Waals surface area (Å²) in [5.74, 6) is -1.47. The molecular weight excluding hydrogens is 250 g/mol. The lowest BCUT2D eigenvalue weighted by Gasteiger charge is -2.25. The van der Waals surface area contributed by atoms with Gasteiger partial charge in [-0.1, -0.05) is 12.5 Å². The average molecular weight is 268 g/mol. The zero-order chi connectivity index (χ0) is 13.8. The van der Waals surface area contributed by atoms with Gasteiger partial charge in [0.05, 0.1) is 12.1 Å². The molecule has 1 heterocycles. The fourth-order valence-corrected chi connectivity index (χ4v) is 2.39. The molecule has 2 rings (SSSR count). The van der Waals surface area contributed by atoms with Crippen molar-refractivity contribution in [2.24, 2.45) is 0 Å². The molecule has 1 saturated heterocycles. The molecule has 0 saturated carbocycles. The van der Waals surface area contributed by atoms with Crippen LogP contribution in [0.25, 0.3) is 0 Å². The lowest BCUT2D eigenvalue weighted by atomic mass is 10.0. The standard InChI is InChI=1S/C14H18F2N2O/c1-9(13-10(15)5-4-6-11(13)16)18-14(19)12-7-2-3-8-17-12/h4-6,9,12,17H,2-3,7-8H2,1H3,(H,18,19)/t9?,12-/m0/s1. The smallest absolute Gasteiger partial charge is 0.237 e. The van der Waals surface area contributed by atoms with E-state index in [-0.39, 0.29) is 17.5 Å². The van der Waals surface area contributed by atoms with Gasteiger partial charge in [0.15, 0.2) is 0 Å². The van der Waals surface area contributed by atoms with Gasteiger partial charge in [0.2, 0.25) is 5.91 Å². The van der Waals surface area contributed by atoms with Crippen molar-refractivity contribution >= 4 is 5.91 Å². The average Bonchev–Trinajstić information content (AvgIpc) is 2.39. The highest BCUT2D eigenvalue weighted by atomic mass is 19.1. The Morgan fingerprint density at radius 3 is 2.63 bits per heavy atom. The maximum Gasteiger partial charge on any atom is 0.237 e. The number of carbonyl (C=O) groups excluding carboxylic acids is 1. The van der Waals surface area contributed by atoms with Crippen molar-refractivity contribution < 1.29 is 13.6 Å². The Hall–Kier alpha value is -1.49. The van der Waals surface area contributed by atoms with Crippen LogP contribution >= 0.6 is 0 Å². The van der Waals surface area contributed by atoms with E-state index in [1.54, 1.807) is 6.92 Å². The summed E-state index contributed by atoms with van der Waals surface area (Å²) in [6.45, 7) is 2.39. The Labute approximate surface area is 111 Å². The van der Waals surface area contributed by atoms with Crippen molar-refractivity contribution in [1.29, 1.82) is 0 Å². The van der Waals surface area contributed by atoms with Crippen molar-refractivity contribution in [3.8, 4) is 0 Å². The third-order valence-corrected chi connectivity index (χ3v) is 3.42. The molecule has 1 amide bonds. The molecule has 3 nitrogen and oxygen atoms in total. The fraction of sp³-hybridized carbons (Fsp3) is 0.500. The Morgan fingerprint density at radius 2 is 2.05 bits per heavy atom. The predicted molar refractivity (Wildman–Crippen MR) is 68.6 cm³/mol. The summed E-state index contributed by atoms with van der Waals surface area (Å²) in [4.78, 5) is 12.0. The van der Waals surface area contributed by atoms with Crippen LogP contribution in [0.15, 0.2) is 18.2 Å². The largest absolute Gasteiger partial charge is 0.348 e. The maximum absolute atomic E-state index is 13.6. The van der Waals surface area contributed by atoms with E-state index in [1.165, 1.54) is 18.2 Å². The molecule has 1 aromatic rings. The molecule has 2 N–H and O–H groups in total. The van der Waals surface area contributed by atoms with Gasteiger partial charge < -0.3 is 10.6 Å². The number of carbonyl (C=O) groups is 1. The van der Waals surface area contributed by atoms with Gasteiger partial charge in [-0.25, -0.2) is 8.78 Å². The SMILES string of the molecule is CC(NC(=O)[C@@H]1CCCCN1)c1c(F)cccc1F. The highest BCUT2D eigenvalue weighted by molar-refractivity contribution is 5.82. The van der Waals surface area contributed by atoms with Gasteiger partial charge >= 0.3 is 0 Å². The van der Waals surface area contributed by atoms with Crippen LogP contribution in [0.4, 0.5) is 8.78 Å². The van der Waals surface area contributed by atoms with Crippen molar-refractivity contribution in [3.05, 3.63) is 35.4 Å². The number of nitrogens with one attached hydrogen (secondary N) is 2. The van der Waals surface area contributed by atoms with Crippen LogP contribution in [0.2, 0.25) is 0 Å². The first-order valence-corrected chi connectivity index (χ1v) is 6.57. The summed E-state index contributed by atoms with van der Waals surface area (Å²) < 4.78 is 27.2. The summed E-state index contributed by atoms with van der Waals surface area (Å²) in [7, 11) is 0. The Bertz CT molecular complexity index is 439. The Kier molecular flexibility index (Phi) is 4.47. The number of hydrogen-bond acceptors (Lipinski definition) is 2. The van der Waals surface area contributed by atoms with E-state index in [0.29, 0.717) is 0 Å². The normalized spacial score (nSPS) is 20.9. The van der Waals surface area contributed by atoms with Crippen LogP contribution in [0, 0.1) is 11.6 Å². The minimum atomic E-state index is -0.683. The van der Waals surface area contributed by atoms with Gasteiger partial charge in [-0.05, 0) is 38.4 Å². The molecule has 1 aromatic carbocycles. The first-order chi connectivity index (χ1) is 9.09. The second kappa shape index (κ2) is 6.10. The minimum absolute atomic E-state index is 0.0911. The molecule has 1 unspecified atom stereocenters. The van der Waals surface area contributed by atoms with Crippen LogP contribution in [0.3, 0.4) is 0 Å². The minimum Gasteiger partial charge on any atom is -0.348 e. The quantitative estimate of drug-likeness (QED) is 0.883. The lowest BCUT2D eigenvalue weighted by Crippen LogP contribution is -2.47.